The molecule has 1 amide bonds. The Morgan fingerprint density at radius 1 is 0.917 bits per heavy atom. The summed E-state index contributed by atoms with van der Waals surface area (Å²) in [7, 11) is 6.58. The molecule has 1 fully saturated rings. The van der Waals surface area contributed by atoms with E-state index in [4.69, 9.17) is 9.47 Å². The lowest BCUT2D eigenvalue weighted by Gasteiger charge is -2.26. The number of ether oxygens (including phenoxy) is 2. The summed E-state index contributed by atoms with van der Waals surface area (Å²) in [6.45, 7) is 0. The molecule has 0 spiro atoms. The molecule has 4 rings (SSSR count). The molecule has 0 bridgehead atoms. The van der Waals surface area contributed by atoms with E-state index in [0.29, 0.717) is 11.3 Å². The highest BCUT2D eigenvalue weighted by molar-refractivity contribution is 6.51. The Hall–Kier alpha value is -4.40. The van der Waals surface area contributed by atoms with Gasteiger partial charge in [-0.2, -0.15) is 0 Å². The van der Waals surface area contributed by atoms with Crippen LogP contribution in [-0.4, -0.2) is 45.1 Å². The summed E-state index contributed by atoms with van der Waals surface area (Å²) in [4.78, 5) is 29.4. The molecular weight excluding hydrogens is 470 g/mol. The molecule has 0 radical (unpaired) electrons. The van der Waals surface area contributed by atoms with E-state index in [1.807, 2.05) is 19.0 Å². The number of anilines is 2. The summed E-state index contributed by atoms with van der Waals surface area (Å²) < 4.78 is 38.3. The van der Waals surface area contributed by atoms with Crippen LogP contribution >= 0.6 is 0 Å². The number of methoxy groups -OCH3 is 2. The van der Waals surface area contributed by atoms with Gasteiger partial charge in [0.15, 0.2) is 11.6 Å². The van der Waals surface area contributed by atoms with Gasteiger partial charge >= 0.3 is 0 Å². The fourth-order valence-electron chi connectivity index (χ4n) is 4.14. The quantitative estimate of drug-likeness (QED) is 0.305. The van der Waals surface area contributed by atoms with E-state index in [-0.39, 0.29) is 22.6 Å². The molecule has 1 aliphatic heterocycles. The maximum Gasteiger partial charge on any atom is 0.300 e. The summed E-state index contributed by atoms with van der Waals surface area (Å²) in [6, 6.07) is 13.4. The van der Waals surface area contributed by atoms with Crippen LogP contribution in [0.1, 0.15) is 17.2 Å². The lowest BCUT2D eigenvalue weighted by molar-refractivity contribution is -0.132. The first kappa shape index (κ1) is 24.7. The van der Waals surface area contributed by atoms with E-state index in [1.165, 1.54) is 32.4 Å². The molecule has 3 aromatic rings. The third-order valence-electron chi connectivity index (χ3n) is 6.01. The van der Waals surface area contributed by atoms with Crippen molar-refractivity contribution in [2.75, 3.05) is 38.1 Å². The van der Waals surface area contributed by atoms with Gasteiger partial charge in [-0.05, 0) is 42.0 Å². The lowest BCUT2D eigenvalue weighted by Crippen LogP contribution is -2.29. The van der Waals surface area contributed by atoms with Gasteiger partial charge in [0.05, 0.1) is 31.4 Å². The largest absolute Gasteiger partial charge is 0.507 e. The molecule has 1 atom stereocenters. The Bertz CT molecular complexity index is 1370. The van der Waals surface area contributed by atoms with E-state index in [0.717, 1.165) is 22.7 Å². The second-order valence-electron chi connectivity index (χ2n) is 8.32. The Balaban J connectivity index is 1.96. The smallest absolute Gasteiger partial charge is 0.300 e. The van der Waals surface area contributed by atoms with E-state index in [1.54, 1.807) is 30.3 Å². The van der Waals surface area contributed by atoms with E-state index in [2.05, 4.69) is 0 Å². The van der Waals surface area contributed by atoms with Crippen LogP contribution in [0.4, 0.5) is 20.2 Å². The zero-order chi connectivity index (χ0) is 26.1. The van der Waals surface area contributed by atoms with Gasteiger partial charge in [0, 0.05) is 37.6 Å². The first-order chi connectivity index (χ1) is 17.2. The molecule has 36 heavy (non-hydrogen) atoms. The van der Waals surface area contributed by atoms with Gasteiger partial charge in [-0.1, -0.05) is 12.1 Å². The van der Waals surface area contributed by atoms with Crippen LogP contribution in [0, 0.1) is 11.6 Å². The maximum absolute atomic E-state index is 14.1. The van der Waals surface area contributed by atoms with Gasteiger partial charge < -0.3 is 19.5 Å². The van der Waals surface area contributed by atoms with Crippen molar-refractivity contribution in [3.05, 3.63) is 89.0 Å². The van der Waals surface area contributed by atoms with E-state index in [9.17, 15) is 23.5 Å². The predicted octanol–water partition coefficient (Wildman–Crippen LogP) is 4.67. The highest BCUT2D eigenvalue weighted by Gasteiger charge is 2.47. The molecule has 1 heterocycles. The Labute approximate surface area is 206 Å². The zero-order valence-corrected chi connectivity index (χ0v) is 20.1. The maximum atomic E-state index is 14.1. The number of halogens is 2. The van der Waals surface area contributed by atoms with Crippen LogP contribution in [0.5, 0.6) is 11.5 Å². The van der Waals surface area contributed by atoms with Crippen LogP contribution in [0.25, 0.3) is 5.76 Å². The summed E-state index contributed by atoms with van der Waals surface area (Å²) in [5.41, 5.74) is 1.26. The van der Waals surface area contributed by atoms with Gasteiger partial charge in [0.1, 0.15) is 17.3 Å². The highest BCUT2D eigenvalue weighted by Crippen LogP contribution is 2.44. The van der Waals surface area contributed by atoms with Crippen molar-refractivity contribution in [3.63, 3.8) is 0 Å². The second-order valence-corrected chi connectivity index (χ2v) is 8.32. The first-order valence-corrected chi connectivity index (χ1v) is 10.9. The van der Waals surface area contributed by atoms with Crippen molar-refractivity contribution in [3.8, 4) is 11.5 Å². The van der Waals surface area contributed by atoms with E-state index >= 15 is 0 Å². The molecule has 7 nitrogen and oxygen atoms in total. The van der Waals surface area contributed by atoms with Crippen LogP contribution in [0.15, 0.2) is 66.2 Å². The summed E-state index contributed by atoms with van der Waals surface area (Å²) >= 11 is 0. The van der Waals surface area contributed by atoms with Crippen LogP contribution in [0.2, 0.25) is 0 Å². The topological polar surface area (TPSA) is 79.3 Å². The average Bonchev–Trinajstić information content (AvgIpc) is 3.15. The minimum atomic E-state index is -1.17. The summed E-state index contributed by atoms with van der Waals surface area (Å²) in [6.07, 6.45) is 0. The van der Waals surface area contributed by atoms with Crippen molar-refractivity contribution < 1.29 is 33.0 Å². The van der Waals surface area contributed by atoms with Crippen molar-refractivity contribution >= 4 is 28.8 Å². The first-order valence-electron chi connectivity index (χ1n) is 10.9. The van der Waals surface area contributed by atoms with Crippen LogP contribution < -0.4 is 19.3 Å². The molecule has 1 aliphatic rings. The number of rotatable bonds is 6. The lowest BCUT2D eigenvalue weighted by atomic mass is 9.94. The molecule has 0 saturated carbocycles. The van der Waals surface area contributed by atoms with E-state index < -0.39 is 35.1 Å². The van der Waals surface area contributed by atoms with Crippen molar-refractivity contribution in [2.24, 2.45) is 0 Å². The number of carbonyl (C=O) groups excluding carboxylic acids is 2. The molecular formula is C27H24F2N2O5. The van der Waals surface area contributed by atoms with Gasteiger partial charge in [0.2, 0.25) is 0 Å². The monoisotopic (exact) mass is 494 g/mol. The highest BCUT2D eigenvalue weighted by atomic mass is 19.2. The molecule has 1 saturated heterocycles. The fourth-order valence-corrected chi connectivity index (χ4v) is 4.14. The molecule has 3 aromatic carbocycles. The van der Waals surface area contributed by atoms with Crippen LogP contribution in [0.3, 0.4) is 0 Å². The van der Waals surface area contributed by atoms with Crippen LogP contribution in [-0.2, 0) is 9.59 Å². The average molecular weight is 494 g/mol. The van der Waals surface area contributed by atoms with Crippen molar-refractivity contribution in [1.82, 2.24) is 0 Å². The van der Waals surface area contributed by atoms with Gasteiger partial charge in [-0.15, -0.1) is 0 Å². The fraction of sp³-hybridized carbons (Fsp3) is 0.185. The molecule has 1 unspecified atom stereocenters. The SMILES string of the molecule is COc1ccc(/C(O)=C2/C(=O)C(=O)N(c3ccc(F)c(F)c3)C2c2ccc(N(C)C)cc2)c(OC)c1. The zero-order valence-electron chi connectivity index (χ0n) is 20.1. The van der Waals surface area contributed by atoms with Crippen molar-refractivity contribution in [2.45, 2.75) is 6.04 Å². The summed E-state index contributed by atoms with van der Waals surface area (Å²) in [5, 5.41) is 11.3. The second kappa shape index (κ2) is 9.69. The molecule has 1 N–H and O–H groups in total. The minimum absolute atomic E-state index is 0.0292. The molecule has 186 valence electrons. The number of nitrogens with zero attached hydrogens (tertiary/aromatic N) is 2. The van der Waals surface area contributed by atoms with Gasteiger partial charge in [0.25, 0.3) is 11.7 Å². The normalized spacial score (nSPS) is 16.8. The summed E-state index contributed by atoms with van der Waals surface area (Å²) in [5.74, 6) is -4.03. The molecule has 9 heteroatoms. The number of benzene rings is 3. The van der Waals surface area contributed by atoms with Gasteiger partial charge in [-0.3, -0.25) is 14.5 Å². The third-order valence-corrected chi connectivity index (χ3v) is 6.01. The Morgan fingerprint density at radius 2 is 1.61 bits per heavy atom. The molecule has 0 aromatic heterocycles. The Kier molecular flexibility index (Phi) is 6.65. The number of hydrogen-bond acceptors (Lipinski definition) is 6. The minimum Gasteiger partial charge on any atom is -0.507 e. The number of aliphatic hydroxyl groups is 1. The number of hydrogen-bond donors (Lipinski definition) is 1. The Morgan fingerprint density at radius 3 is 2.19 bits per heavy atom. The van der Waals surface area contributed by atoms with Gasteiger partial charge in [-0.25, -0.2) is 8.78 Å². The van der Waals surface area contributed by atoms with Crippen molar-refractivity contribution in [1.29, 1.82) is 0 Å². The number of aliphatic hydroxyl groups excluding tert-OH is 1. The number of carbonyl (C=O) groups is 2. The predicted molar refractivity (Wildman–Crippen MR) is 131 cm³/mol. The number of amides is 1. The number of ketones is 1. The number of Topliss-reactive ketones (excluding diaryl/α,β-unsaturated/α-hetero) is 1. The third kappa shape index (κ3) is 4.24. The standard InChI is InChI=1S/C27H24F2N2O5/c1-30(2)16-7-5-15(6-8-16)24-23(25(32)19-11-10-18(35-3)14-22(19)36-4)26(33)27(34)31(24)17-9-12-20(28)21(29)13-17/h5-14,24,32H,1-4H3/b25-23-. The molecule has 0 aliphatic carbocycles.